The maximum absolute atomic E-state index is 14.6. The highest BCUT2D eigenvalue weighted by molar-refractivity contribution is 7.99. The third kappa shape index (κ3) is 4.66. The fraction of sp³-hybridized carbons (Fsp3) is 0.160. The number of hydrogen-bond donors (Lipinski definition) is 1. The van der Waals surface area contributed by atoms with Crippen LogP contribution in [0.2, 0.25) is 0 Å². The minimum absolute atomic E-state index is 0.0552. The number of anilines is 1. The van der Waals surface area contributed by atoms with E-state index in [1.807, 2.05) is 32.9 Å². The highest BCUT2D eigenvalue weighted by atomic mass is 32.2. The Morgan fingerprint density at radius 1 is 1.03 bits per heavy atom. The Morgan fingerprint density at radius 3 is 2.42 bits per heavy atom. The summed E-state index contributed by atoms with van der Waals surface area (Å²) >= 11 is 1.01. The maximum Gasteiger partial charge on any atom is 0.266 e. The zero-order valence-electron chi connectivity index (χ0n) is 18.3. The Labute approximate surface area is 193 Å². The number of nitrogens with one attached hydrogen (secondary N) is 1. The van der Waals surface area contributed by atoms with Crippen molar-refractivity contribution in [2.45, 2.75) is 25.9 Å². The molecule has 0 unspecified atom stereocenters. The number of hydrogen-bond acceptors (Lipinski definition) is 4. The van der Waals surface area contributed by atoms with E-state index in [2.05, 4.69) is 10.3 Å². The number of amides is 1. The van der Waals surface area contributed by atoms with Gasteiger partial charge < -0.3 is 5.32 Å². The molecule has 4 aromatic rings. The van der Waals surface area contributed by atoms with Crippen LogP contribution >= 0.6 is 11.8 Å². The third-order valence-electron chi connectivity index (χ3n) is 5.17. The number of halogens is 2. The topological polar surface area (TPSA) is 64.0 Å². The lowest BCUT2D eigenvalue weighted by atomic mass is 10.1. The number of nitrogens with zero attached hydrogens (tertiary/aromatic N) is 2. The van der Waals surface area contributed by atoms with Gasteiger partial charge in [0.1, 0.15) is 11.6 Å². The molecule has 0 aliphatic heterocycles. The van der Waals surface area contributed by atoms with Crippen molar-refractivity contribution in [1.29, 1.82) is 0 Å². The summed E-state index contributed by atoms with van der Waals surface area (Å²) in [6, 6.07) is 13.6. The number of aromatic nitrogens is 2. The smallest absolute Gasteiger partial charge is 0.266 e. The summed E-state index contributed by atoms with van der Waals surface area (Å²) in [7, 11) is 0. The number of para-hydroxylation sites is 1. The molecule has 4 rings (SSSR count). The first-order valence-corrected chi connectivity index (χ1v) is 11.2. The van der Waals surface area contributed by atoms with Gasteiger partial charge in [-0.2, -0.15) is 0 Å². The Hall–Kier alpha value is -3.52. The Morgan fingerprint density at radius 2 is 1.73 bits per heavy atom. The molecule has 0 bridgehead atoms. The van der Waals surface area contributed by atoms with Crippen molar-refractivity contribution in [2.24, 2.45) is 0 Å². The van der Waals surface area contributed by atoms with Gasteiger partial charge in [0.05, 0.1) is 22.3 Å². The summed E-state index contributed by atoms with van der Waals surface area (Å²) in [5.41, 5.74) is 3.52. The van der Waals surface area contributed by atoms with Gasteiger partial charge in [-0.1, -0.05) is 41.6 Å². The summed E-state index contributed by atoms with van der Waals surface area (Å²) in [6.45, 7) is 5.83. The van der Waals surface area contributed by atoms with Gasteiger partial charge >= 0.3 is 0 Å². The van der Waals surface area contributed by atoms with Crippen LogP contribution in [-0.4, -0.2) is 21.2 Å². The first-order chi connectivity index (χ1) is 15.7. The lowest BCUT2D eigenvalue weighted by Crippen LogP contribution is -2.24. The summed E-state index contributed by atoms with van der Waals surface area (Å²) in [5.74, 6) is -1.99. The monoisotopic (exact) mass is 465 g/mol. The highest BCUT2D eigenvalue weighted by Gasteiger charge is 2.18. The molecule has 0 saturated heterocycles. The number of carbonyl (C=O) groups is 1. The molecule has 1 amide bonds. The largest absolute Gasteiger partial charge is 0.325 e. The molecule has 168 valence electrons. The lowest BCUT2D eigenvalue weighted by Gasteiger charge is -2.15. The average molecular weight is 466 g/mol. The summed E-state index contributed by atoms with van der Waals surface area (Å²) in [4.78, 5) is 30.4. The standard InChI is InChI=1S/C25H21F2N3O2S/c1-14-10-15(2)23(16(3)11-14)29-22(31)13-33-25-28-20-7-5-4-6-18(20)24(32)30(25)21-9-8-17(26)12-19(21)27/h4-12H,13H2,1-3H3,(H,29,31). The van der Waals surface area contributed by atoms with Crippen LogP contribution in [0.25, 0.3) is 16.6 Å². The van der Waals surface area contributed by atoms with Crippen LogP contribution in [0, 0.1) is 32.4 Å². The van der Waals surface area contributed by atoms with Crippen molar-refractivity contribution in [3.8, 4) is 5.69 Å². The number of aryl methyl sites for hydroxylation is 3. The van der Waals surface area contributed by atoms with E-state index in [-0.39, 0.29) is 22.5 Å². The maximum atomic E-state index is 14.6. The van der Waals surface area contributed by atoms with Gasteiger partial charge in [-0.05, 0) is 56.2 Å². The predicted octanol–water partition coefficient (Wildman–Crippen LogP) is 5.32. The number of rotatable bonds is 5. The van der Waals surface area contributed by atoms with Crippen molar-refractivity contribution in [1.82, 2.24) is 9.55 Å². The van der Waals surface area contributed by atoms with Crippen molar-refractivity contribution in [2.75, 3.05) is 11.1 Å². The molecule has 0 aliphatic carbocycles. The number of fused-ring (bicyclic) bond motifs is 1. The van der Waals surface area contributed by atoms with Crippen molar-refractivity contribution in [3.63, 3.8) is 0 Å². The third-order valence-corrected chi connectivity index (χ3v) is 6.11. The molecule has 0 atom stereocenters. The van der Waals surface area contributed by atoms with Gasteiger partial charge in [-0.3, -0.25) is 14.2 Å². The van der Waals surface area contributed by atoms with E-state index in [4.69, 9.17) is 0 Å². The molecule has 1 heterocycles. The molecule has 0 saturated carbocycles. The first-order valence-electron chi connectivity index (χ1n) is 10.2. The minimum atomic E-state index is -0.897. The molecular weight excluding hydrogens is 444 g/mol. The van der Waals surface area contributed by atoms with Crippen LogP contribution in [-0.2, 0) is 4.79 Å². The van der Waals surface area contributed by atoms with E-state index >= 15 is 0 Å². The molecule has 3 aromatic carbocycles. The first kappa shape index (κ1) is 22.7. The molecule has 1 aromatic heterocycles. The van der Waals surface area contributed by atoms with E-state index < -0.39 is 17.2 Å². The zero-order valence-corrected chi connectivity index (χ0v) is 19.1. The van der Waals surface area contributed by atoms with Crippen molar-refractivity contribution >= 4 is 34.3 Å². The van der Waals surface area contributed by atoms with E-state index in [0.29, 0.717) is 17.0 Å². The van der Waals surface area contributed by atoms with Crippen LogP contribution in [0.1, 0.15) is 16.7 Å². The summed E-state index contributed by atoms with van der Waals surface area (Å²) < 4.78 is 29.1. The van der Waals surface area contributed by atoms with Crippen LogP contribution in [0.4, 0.5) is 14.5 Å². The SMILES string of the molecule is Cc1cc(C)c(NC(=O)CSc2nc3ccccc3c(=O)n2-c2ccc(F)cc2F)c(C)c1. The molecule has 33 heavy (non-hydrogen) atoms. The van der Waals surface area contributed by atoms with Gasteiger partial charge in [0.15, 0.2) is 5.16 Å². The van der Waals surface area contributed by atoms with Gasteiger partial charge in [-0.25, -0.2) is 13.8 Å². The minimum Gasteiger partial charge on any atom is -0.325 e. The molecular formula is C25H21F2N3O2S. The van der Waals surface area contributed by atoms with E-state index in [1.54, 1.807) is 24.3 Å². The molecule has 5 nitrogen and oxygen atoms in total. The second-order valence-corrected chi connectivity index (χ2v) is 8.70. The average Bonchev–Trinajstić information content (AvgIpc) is 2.76. The molecule has 0 spiro atoms. The van der Waals surface area contributed by atoms with Gasteiger partial charge in [0.2, 0.25) is 5.91 Å². The molecule has 8 heteroatoms. The molecule has 1 N–H and O–H groups in total. The van der Waals surface area contributed by atoms with Crippen LogP contribution in [0.15, 0.2) is 64.5 Å². The fourth-order valence-corrected chi connectivity index (χ4v) is 4.57. The quantitative estimate of drug-likeness (QED) is 0.320. The van der Waals surface area contributed by atoms with E-state index in [9.17, 15) is 18.4 Å². The van der Waals surface area contributed by atoms with Crippen LogP contribution in [0.5, 0.6) is 0 Å². The Balaban J connectivity index is 1.70. The van der Waals surface area contributed by atoms with Gasteiger partial charge in [0, 0.05) is 11.8 Å². The van der Waals surface area contributed by atoms with Crippen molar-refractivity contribution < 1.29 is 13.6 Å². The molecule has 0 radical (unpaired) electrons. The fourth-order valence-electron chi connectivity index (χ4n) is 3.77. The van der Waals surface area contributed by atoms with Crippen molar-refractivity contribution in [3.05, 3.63) is 93.3 Å². The normalized spacial score (nSPS) is 11.1. The second-order valence-electron chi connectivity index (χ2n) is 7.76. The predicted molar refractivity (Wildman–Crippen MR) is 127 cm³/mol. The van der Waals surface area contributed by atoms with Gasteiger partial charge in [-0.15, -0.1) is 0 Å². The summed E-state index contributed by atoms with van der Waals surface area (Å²) in [5, 5.41) is 3.34. The van der Waals surface area contributed by atoms with Crippen LogP contribution in [0.3, 0.4) is 0 Å². The zero-order chi connectivity index (χ0) is 23.7. The van der Waals surface area contributed by atoms with E-state index in [0.717, 1.165) is 44.8 Å². The lowest BCUT2D eigenvalue weighted by molar-refractivity contribution is -0.113. The number of thioether (sulfide) groups is 1. The van der Waals surface area contributed by atoms with E-state index in [1.165, 1.54) is 6.07 Å². The molecule has 0 fully saturated rings. The highest BCUT2D eigenvalue weighted by Crippen LogP contribution is 2.25. The number of benzene rings is 3. The number of carbonyl (C=O) groups excluding carboxylic acids is 1. The Bertz CT molecular complexity index is 1430. The van der Waals surface area contributed by atoms with Crippen LogP contribution < -0.4 is 10.9 Å². The molecule has 0 aliphatic rings. The second kappa shape index (κ2) is 9.15. The van der Waals surface area contributed by atoms with Gasteiger partial charge in [0.25, 0.3) is 5.56 Å². The summed E-state index contributed by atoms with van der Waals surface area (Å²) in [6.07, 6.45) is 0. The Kier molecular flexibility index (Phi) is 6.29.